The maximum atomic E-state index is 11.3. The van der Waals surface area contributed by atoms with Crippen molar-refractivity contribution in [3.05, 3.63) is 29.8 Å². The fraction of sp³-hybridized carbons (Fsp3) is 0.462. The highest BCUT2D eigenvalue weighted by Gasteiger charge is 1.99. The van der Waals surface area contributed by atoms with E-state index in [0.717, 1.165) is 18.8 Å². The highest BCUT2D eigenvalue weighted by atomic mass is 35.5. The lowest BCUT2D eigenvalue weighted by molar-refractivity contribution is -0.120. The van der Waals surface area contributed by atoms with Gasteiger partial charge in [0, 0.05) is 30.2 Å². The normalized spacial score (nSPS) is 9.67. The van der Waals surface area contributed by atoms with E-state index in [1.165, 1.54) is 10.5 Å². The number of rotatable bonds is 7. The Morgan fingerprint density at radius 2 is 1.89 bits per heavy atom. The van der Waals surface area contributed by atoms with Crippen molar-refractivity contribution in [2.24, 2.45) is 0 Å². The average molecular weight is 289 g/mol. The second-order valence-electron chi connectivity index (χ2n) is 3.87. The molecule has 102 valence electrons. The van der Waals surface area contributed by atoms with Gasteiger partial charge in [-0.15, -0.1) is 24.2 Å². The lowest BCUT2D eigenvalue weighted by Crippen LogP contribution is -2.28. The number of carbonyl (C=O) groups excluding carboxylic acids is 1. The summed E-state index contributed by atoms with van der Waals surface area (Å²) in [6.45, 7) is 3.54. The Hall–Kier alpha value is -0.710. The molecule has 1 aromatic carbocycles. The molecule has 5 heteroatoms. The van der Waals surface area contributed by atoms with Gasteiger partial charge in [-0.25, -0.2) is 0 Å². The zero-order valence-electron chi connectivity index (χ0n) is 10.9. The lowest BCUT2D eigenvalue weighted by Gasteiger charge is -2.05. The van der Waals surface area contributed by atoms with E-state index in [4.69, 9.17) is 0 Å². The van der Waals surface area contributed by atoms with Gasteiger partial charge in [0.1, 0.15) is 0 Å². The van der Waals surface area contributed by atoms with Gasteiger partial charge in [-0.1, -0.05) is 17.7 Å². The number of thioether (sulfide) groups is 1. The molecule has 0 spiro atoms. The van der Waals surface area contributed by atoms with Crippen molar-refractivity contribution in [1.82, 2.24) is 10.6 Å². The summed E-state index contributed by atoms with van der Waals surface area (Å²) >= 11 is 1.76. The Bertz CT molecular complexity index is 343. The third-order valence-electron chi connectivity index (χ3n) is 2.32. The van der Waals surface area contributed by atoms with Crippen molar-refractivity contribution >= 4 is 30.1 Å². The summed E-state index contributed by atoms with van der Waals surface area (Å²) < 4.78 is 0. The van der Waals surface area contributed by atoms with Crippen LogP contribution in [0.1, 0.15) is 12.0 Å². The van der Waals surface area contributed by atoms with Gasteiger partial charge in [-0.05, 0) is 26.1 Å². The van der Waals surface area contributed by atoms with Gasteiger partial charge in [-0.3, -0.25) is 4.79 Å². The van der Waals surface area contributed by atoms with Crippen LogP contribution in [0.5, 0.6) is 0 Å². The smallest absolute Gasteiger partial charge is 0.221 e. The number of aryl methyl sites for hydroxylation is 1. The molecule has 2 N–H and O–H groups in total. The highest BCUT2D eigenvalue weighted by molar-refractivity contribution is 7.99. The number of hydrogen-bond acceptors (Lipinski definition) is 3. The van der Waals surface area contributed by atoms with Crippen LogP contribution < -0.4 is 10.6 Å². The molecular formula is C13H21ClN2OS. The van der Waals surface area contributed by atoms with E-state index >= 15 is 0 Å². The standard InChI is InChI=1S/C13H20N2OS.ClH/c1-11-3-5-12(6-4-11)17-10-9-15-13(16)7-8-14-2;/h3-6,14H,7-10H2,1-2H3,(H,15,16);1H. The van der Waals surface area contributed by atoms with E-state index in [0.29, 0.717) is 6.42 Å². The van der Waals surface area contributed by atoms with Crippen LogP contribution in [0.15, 0.2) is 29.2 Å². The van der Waals surface area contributed by atoms with Crippen molar-refractivity contribution in [3.63, 3.8) is 0 Å². The molecule has 1 amide bonds. The fourth-order valence-electron chi connectivity index (χ4n) is 1.32. The Balaban J connectivity index is 0.00000289. The molecule has 0 saturated carbocycles. The van der Waals surface area contributed by atoms with Crippen LogP contribution >= 0.6 is 24.2 Å². The Kier molecular flexibility index (Phi) is 9.83. The molecule has 0 fully saturated rings. The Morgan fingerprint density at radius 3 is 2.50 bits per heavy atom. The van der Waals surface area contributed by atoms with E-state index in [-0.39, 0.29) is 18.3 Å². The highest BCUT2D eigenvalue weighted by Crippen LogP contribution is 2.17. The van der Waals surface area contributed by atoms with Gasteiger partial charge in [0.2, 0.25) is 5.91 Å². The molecule has 1 aromatic rings. The predicted octanol–water partition coefficient (Wildman–Crippen LogP) is 2.23. The molecule has 3 nitrogen and oxygen atoms in total. The summed E-state index contributed by atoms with van der Waals surface area (Å²) in [5.41, 5.74) is 1.27. The Labute approximate surface area is 120 Å². The fourth-order valence-corrected chi connectivity index (χ4v) is 2.09. The van der Waals surface area contributed by atoms with Gasteiger partial charge in [-0.2, -0.15) is 0 Å². The third-order valence-corrected chi connectivity index (χ3v) is 3.33. The van der Waals surface area contributed by atoms with Gasteiger partial charge in [0.05, 0.1) is 0 Å². The third kappa shape index (κ3) is 7.58. The van der Waals surface area contributed by atoms with Crippen molar-refractivity contribution < 1.29 is 4.79 Å². The summed E-state index contributed by atoms with van der Waals surface area (Å²) in [6, 6.07) is 8.44. The lowest BCUT2D eigenvalue weighted by atomic mass is 10.2. The Morgan fingerprint density at radius 1 is 1.22 bits per heavy atom. The van der Waals surface area contributed by atoms with Gasteiger partial charge in [0.25, 0.3) is 0 Å². The number of amides is 1. The summed E-state index contributed by atoms with van der Waals surface area (Å²) in [5, 5.41) is 5.85. The largest absolute Gasteiger partial charge is 0.355 e. The zero-order chi connectivity index (χ0) is 12.5. The van der Waals surface area contributed by atoms with Crippen LogP contribution in [-0.4, -0.2) is 31.8 Å². The molecule has 0 saturated heterocycles. The maximum absolute atomic E-state index is 11.3. The zero-order valence-corrected chi connectivity index (χ0v) is 12.5. The molecule has 0 bridgehead atoms. The minimum atomic E-state index is 0. The topological polar surface area (TPSA) is 41.1 Å². The van der Waals surface area contributed by atoms with E-state index in [2.05, 4.69) is 41.8 Å². The first kappa shape index (κ1) is 17.3. The van der Waals surface area contributed by atoms with Crippen LogP contribution in [0, 0.1) is 6.92 Å². The van der Waals surface area contributed by atoms with Crippen molar-refractivity contribution in [2.45, 2.75) is 18.2 Å². The molecular weight excluding hydrogens is 268 g/mol. The monoisotopic (exact) mass is 288 g/mol. The first-order valence-corrected chi connectivity index (χ1v) is 6.81. The quantitative estimate of drug-likeness (QED) is 0.597. The molecule has 0 atom stereocenters. The molecule has 0 aliphatic carbocycles. The summed E-state index contributed by atoms with van der Waals surface area (Å²) in [4.78, 5) is 12.5. The first-order chi connectivity index (χ1) is 8.22. The van der Waals surface area contributed by atoms with Crippen LogP contribution in [0.3, 0.4) is 0 Å². The number of halogens is 1. The molecule has 0 unspecified atom stereocenters. The molecule has 0 aliphatic rings. The van der Waals surface area contributed by atoms with Gasteiger partial charge < -0.3 is 10.6 Å². The first-order valence-electron chi connectivity index (χ1n) is 5.83. The maximum Gasteiger partial charge on any atom is 0.221 e. The van der Waals surface area contributed by atoms with E-state index in [1.807, 2.05) is 7.05 Å². The SMILES string of the molecule is CNCCC(=O)NCCSc1ccc(C)cc1.Cl. The molecule has 0 aromatic heterocycles. The van der Waals surface area contributed by atoms with E-state index in [9.17, 15) is 4.79 Å². The average Bonchev–Trinajstić information content (AvgIpc) is 2.34. The number of nitrogens with one attached hydrogen (secondary N) is 2. The van der Waals surface area contributed by atoms with Crippen LogP contribution in [0.25, 0.3) is 0 Å². The molecule has 0 aliphatic heterocycles. The molecule has 18 heavy (non-hydrogen) atoms. The minimum absolute atomic E-state index is 0. The molecule has 0 radical (unpaired) electrons. The van der Waals surface area contributed by atoms with E-state index in [1.54, 1.807) is 11.8 Å². The summed E-state index contributed by atoms with van der Waals surface area (Å²) in [6.07, 6.45) is 0.547. The molecule has 1 rings (SSSR count). The second kappa shape index (κ2) is 10.2. The van der Waals surface area contributed by atoms with Crippen molar-refractivity contribution in [2.75, 3.05) is 25.9 Å². The minimum Gasteiger partial charge on any atom is -0.355 e. The summed E-state index contributed by atoms with van der Waals surface area (Å²) in [5.74, 6) is 1.03. The van der Waals surface area contributed by atoms with Crippen LogP contribution in [-0.2, 0) is 4.79 Å². The van der Waals surface area contributed by atoms with Crippen LogP contribution in [0.4, 0.5) is 0 Å². The van der Waals surface area contributed by atoms with Crippen molar-refractivity contribution in [1.29, 1.82) is 0 Å². The van der Waals surface area contributed by atoms with Crippen LogP contribution in [0.2, 0.25) is 0 Å². The predicted molar refractivity (Wildman–Crippen MR) is 80.7 cm³/mol. The molecule has 0 heterocycles. The summed E-state index contributed by atoms with van der Waals surface area (Å²) in [7, 11) is 1.85. The van der Waals surface area contributed by atoms with E-state index < -0.39 is 0 Å². The number of benzene rings is 1. The van der Waals surface area contributed by atoms with Gasteiger partial charge >= 0.3 is 0 Å². The number of carbonyl (C=O) groups is 1. The van der Waals surface area contributed by atoms with Crippen molar-refractivity contribution in [3.8, 4) is 0 Å². The second-order valence-corrected chi connectivity index (χ2v) is 5.03. The van der Waals surface area contributed by atoms with Gasteiger partial charge in [0.15, 0.2) is 0 Å². The number of hydrogen-bond donors (Lipinski definition) is 2.